The van der Waals surface area contributed by atoms with Crippen LogP contribution >= 0.6 is 0 Å². The van der Waals surface area contributed by atoms with Crippen LogP contribution in [0.5, 0.6) is 0 Å². The molecule has 0 aromatic heterocycles. The second-order valence-corrected chi connectivity index (χ2v) is 6.43. The van der Waals surface area contributed by atoms with Gasteiger partial charge in [-0.3, -0.25) is 9.89 Å². The van der Waals surface area contributed by atoms with Gasteiger partial charge in [0.25, 0.3) is 0 Å². The van der Waals surface area contributed by atoms with Crippen molar-refractivity contribution in [1.82, 2.24) is 15.1 Å². The van der Waals surface area contributed by atoms with Gasteiger partial charge >= 0.3 is 0 Å². The van der Waals surface area contributed by atoms with Gasteiger partial charge < -0.3 is 20.1 Å². The molecule has 6 heteroatoms. The van der Waals surface area contributed by atoms with E-state index in [2.05, 4.69) is 29.0 Å². The van der Waals surface area contributed by atoms with Crippen molar-refractivity contribution in [3.05, 3.63) is 0 Å². The van der Waals surface area contributed by atoms with Crippen molar-refractivity contribution in [1.29, 1.82) is 0 Å². The van der Waals surface area contributed by atoms with Crippen molar-refractivity contribution >= 4 is 5.96 Å². The lowest BCUT2D eigenvalue weighted by molar-refractivity contribution is 0.0323. The number of likely N-dealkylation sites (tertiary alicyclic amines) is 1. The van der Waals surface area contributed by atoms with Crippen molar-refractivity contribution < 1.29 is 9.84 Å². The molecule has 2 aliphatic heterocycles. The van der Waals surface area contributed by atoms with Crippen LogP contribution in [0.1, 0.15) is 26.7 Å². The predicted octanol–water partition coefficient (Wildman–Crippen LogP) is 0.377. The molecule has 0 saturated carbocycles. The normalized spacial score (nSPS) is 23.6. The van der Waals surface area contributed by atoms with E-state index in [9.17, 15) is 5.11 Å². The van der Waals surface area contributed by atoms with Gasteiger partial charge in [-0.25, -0.2) is 0 Å². The molecule has 6 nitrogen and oxygen atoms in total. The summed E-state index contributed by atoms with van der Waals surface area (Å²) in [4.78, 5) is 9.56. The summed E-state index contributed by atoms with van der Waals surface area (Å²) in [5.41, 5.74) is 0. The van der Waals surface area contributed by atoms with E-state index in [0.717, 1.165) is 77.8 Å². The first-order chi connectivity index (χ1) is 10.7. The molecule has 1 atom stereocenters. The molecule has 0 radical (unpaired) electrons. The van der Waals surface area contributed by atoms with Crippen LogP contribution < -0.4 is 5.32 Å². The van der Waals surface area contributed by atoms with Gasteiger partial charge in [-0.15, -0.1) is 0 Å². The quantitative estimate of drug-likeness (QED) is 0.568. The third-order valence-corrected chi connectivity index (χ3v) is 4.33. The van der Waals surface area contributed by atoms with E-state index < -0.39 is 0 Å². The van der Waals surface area contributed by atoms with Crippen molar-refractivity contribution in [2.45, 2.75) is 32.8 Å². The van der Waals surface area contributed by atoms with E-state index in [1.54, 1.807) is 0 Å². The number of rotatable bonds is 5. The van der Waals surface area contributed by atoms with Gasteiger partial charge in [0, 0.05) is 45.8 Å². The molecule has 0 bridgehead atoms. The SMILES string of the molecule is CCNC(=NCC(C)CN1CCOCC1)N1CCC(O)CC1. The van der Waals surface area contributed by atoms with E-state index in [0.29, 0.717) is 5.92 Å². The molecule has 22 heavy (non-hydrogen) atoms. The van der Waals surface area contributed by atoms with Crippen molar-refractivity contribution in [2.75, 3.05) is 59.0 Å². The van der Waals surface area contributed by atoms with Crippen molar-refractivity contribution in [3.63, 3.8) is 0 Å². The maximum Gasteiger partial charge on any atom is 0.193 e. The fourth-order valence-electron chi connectivity index (χ4n) is 3.03. The number of aliphatic hydroxyl groups excluding tert-OH is 1. The number of hydrogen-bond donors (Lipinski definition) is 2. The van der Waals surface area contributed by atoms with Crippen LogP contribution in [-0.4, -0.2) is 86.0 Å². The average molecular weight is 312 g/mol. The van der Waals surface area contributed by atoms with Gasteiger partial charge in [-0.1, -0.05) is 6.92 Å². The molecule has 2 saturated heterocycles. The summed E-state index contributed by atoms with van der Waals surface area (Å²) in [6.45, 7) is 12.8. The predicted molar refractivity (Wildman–Crippen MR) is 89.2 cm³/mol. The van der Waals surface area contributed by atoms with Gasteiger partial charge in [0.15, 0.2) is 5.96 Å². The standard InChI is InChI=1S/C16H32N4O2/c1-3-17-16(20-6-4-15(21)5-7-20)18-12-14(2)13-19-8-10-22-11-9-19/h14-15,21H,3-13H2,1-2H3,(H,17,18). The van der Waals surface area contributed by atoms with Crippen molar-refractivity contribution in [3.8, 4) is 0 Å². The Morgan fingerprint density at radius 3 is 2.59 bits per heavy atom. The van der Waals surface area contributed by atoms with Gasteiger partial charge in [0.05, 0.1) is 19.3 Å². The molecule has 0 aliphatic carbocycles. The lowest BCUT2D eigenvalue weighted by Crippen LogP contribution is -2.47. The zero-order valence-corrected chi connectivity index (χ0v) is 14.1. The molecule has 2 aliphatic rings. The first-order valence-corrected chi connectivity index (χ1v) is 8.70. The van der Waals surface area contributed by atoms with E-state index in [1.807, 2.05) is 0 Å². The van der Waals surface area contributed by atoms with Gasteiger partial charge in [-0.05, 0) is 25.7 Å². The molecule has 0 spiro atoms. The number of nitrogens with zero attached hydrogens (tertiary/aromatic N) is 3. The summed E-state index contributed by atoms with van der Waals surface area (Å²) >= 11 is 0. The Kier molecular flexibility index (Phi) is 7.42. The van der Waals surface area contributed by atoms with E-state index in [4.69, 9.17) is 9.73 Å². The molecule has 2 N–H and O–H groups in total. The minimum atomic E-state index is -0.139. The van der Waals surface area contributed by atoms with Crippen LogP contribution in [0.2, 0.25) is 0 Å². The molecule has 2 rings (SSSR count). The molecule has 2 fully saturated rings. The van der Waals surface area contributed by atoms with Crippen LogP contribution in [0.15, 0.2) is 4.99 Å². The summed E-state index contributed by atoms with van der Waals surface area (Å²) in [5.74, 6) is 1.55. The van der Waals surface area contributed by atoms with Crippen molar-refractivity contribution in [2.24, 2.45) is 10.9 Å². The van der Waals surface area contributed by atoms with Crippen LogP contribution in [0.25, 0.3) is 0 Å². The van der Waals surface area contributed by atoms with Crippen LogP contribution in [0.3, 0.4) is 0 Å². The molecule has 128 valence electrons. The minimum absolute atomic E-state index is 0.139. The topological polar surface area (TPSA) is 60.3 Å². The van der Waals surface area contributed by atoms with Gasteiger partial charge in [0.2, 0.25) is 0 Å². The van der Waals surface area contributed by atoms with E-state index >= 15 is 0 Å². The first kappa shape index (κ1) is 17.5. The molecule has 2 heterocycles. The third kappa shape index (κ3) is 5.74. The fraction of sp³-hybridized carbons (Fsp3) is 0.938. The largest absolute Gasteiger partial charge is 0.393 e. The maximum atomic E-state index is 9.64. The Morgan fingerprint density at radius 2 is 1.95 bits per heavy atom. The third-order valence-electron chi connectivity index (χ3n) is 4.33. The summed E-state index contributed by atoms with van der Waals surface area (Å²) in [6, 6.07) is 0. The van der Waals surface area contributed by atoms with Gasteiger partial charge in [-0.2, -0.15) is 0 Å². The zero-order valence-electron chi connectivity index (χ0n) is 14.1. The molecular weight excluding hydrogens is 280 g/mol. The molecule has 0 aromatic carbocycles. The lowest BCUT2D eigenvalue weighted by atomic mass is 10.1. The minimum Gasteiger partial charge on any atom is -0.393 e. The van der Waals surface area contributed by atoms with E-state index in [1.165, 1.54) is 0 Å². The summed E-state index contributed by atoms with van der Waals surface area (Å²) in [6.07, 6.45) is 1.54. The molecule has 0 amide bonds. The highest BCUT2D eigenvalue weighted by atomic mass is 16.5. The number of aliphatic imine (C=N–C) groups is 1. The van der Waals surface area contributed by atoms with Crippen LogP contribution in [0.4, 0.5) is 0 Å². The highest BCUT2D eigenvalue weighted by molar-refractivity contribution is 5.80. The Labute approximate surface area is 134 Å². The summed E-state index contributed by atoms with van der Waals surface area (Å²) in [7, 11) is 0. The Hall–Kier alpha value is -0.850. The highest BCUT2D eigenvalue weighted by Crippen LogP contribution is 2.10. The number of piperidine rings is 1. The number of guanidine groups is 1. The number of aliphatic hydroxyl groups is 1. The fourth-order valence-corrected chi connectivity index (χ4v) is 3.03. The Bertz CT molecular complexity index is 337. The van der Waals surface area contributed by atoms with E-state index in [-0.39, 0.29) is 6.10 Å². The maximum absolute atomic E-state index is 9.64. The number of hydrogen-bond acceptors (Lipinski definition) is 4. The Balaban J connectivity index is 1.80. The van der Waals surface area contributed by atoms with Crippen LogP contribution in [0, 0.1) is 5.92 Å². The Morgan fingerprint density at radius 1 is 1.27 bits per heavy atom. The average Bonchev–Trinajstić information content (AvgIpc) is 2.53. The summed E-state index contributed by atoms with van der Waals surface area (Å²) in [5, 5.41) is 13.0. The summed E-state index contributed by atoms with van der Waals surface area (Å²) < 4.78 is 5.39. The molecular formula is C16H32N4O2. The van der Waals surface area contributed by atoms with Crippen LogP contribution in [-0.2, 0) is 4.74 Å². The molecule has 1 unspecified atom stereocenters. The second kappa shape index (κ2) is 9.33. The van der Waals surface area contributed by atoms with Gasteiger partial charge in [0.1, 0.15) is 0 Å². The monoisotopic (exact) mass is 312 g/mol. The number of morpholine rings is 1. The smallest absolute Gasteiger partial charge is 0.193 e. The second-order valence-electron chi connectivity index (χ2n) is 6.43. The number of ether oxygens (including phenoxy) is 1. The zero-order chi connectivity index (χ0) is 15.8. The first-order valence-electron chi connectivity index (χ1n) is 8.70. The lowest BCUT2D eigenvalue weighted by Gasteiger charge is -2.33. The number of nitrogens with one attached hydrogen (secondary N) is 1. The molecule has 0 aromatic rings. The highest BCUT2D eigenvalue weighted by Gasteiger charge is 2.20.